The molecule has 0 radical (unpaired) electrons. The maximum absolute atomic E-state index is 10.7. The molecule has 1 N–H and O–H groups in total. The van der Waals surface area contributed by atoms with Crippen molar-refractivity contribution in [2.75, 3.05) is 6.61 Å². The van der Waals surface area contributed by atoms with Crippen LogP contribution in [0.5, 0.6) is 0 Å². The van der Waals surface area contributed by atoms with E-state index in [9.17, 15) is 5.11 Å². The summed E-state index contributed by atoms with van der Waals surface area (Å²) in [6.45, 7) is 2.27. The third-order valence-electron chi connectivity index (χ3n) is 4.18. The molecule has 0 unspecified atom stereocenters. The molecule has 0 spiro atoms. The van der Waals surface area contributed by atoms with E-state index in [-0.39, 0.29) is 5.95 Å². The van der Waals surface area contributed by atoms with Crippen LogP contribution in [0.15, 0.2) is 101 Å². The van der Waals surface area contributed by atoms with Crippen LogP contribution in [0.25, 0.3) is 0 Å². The summed E-state index contributed by atoms with van der Waals surface area (Å²) < 4.78 is 6.18. The van der Waals surface area contributed by atoms with Crippen LogP contribution in [0.1, 0.15) is 6.92 Å². The molecule has 3 aromatic rings. The van der Waals surface area contributed by atoms with E-state index in [0.717, 1.165) is 15.9 Å². The van der Waals surface area contributed by atoms with E-state index in [1.165, 1.54) is 0 Å². The minimum absolute atomic E-state index is 0.0580. The van der Waals surface area contributed by atoms with E-state index in [1.807, 2.05) is 61.5 Å². The molecule has 0 fully saturated rings. The van der Waals surface area contributed by atoms with Crippen LogP contribution in [0, 0.1) is 0 Å². The molecule has 4 heteroatoms. The molecule has 0 aliphatic rings. The highest BCUT2D eigenvalue weighted by molar-refractivity contribution is 9.13. The number of hydrogen-bond donors (Lipinski definition) is 1. The summed E-state index contributed by atoms with van der Waals surface area (Å²) in [5, 5.41) is 14.1. The fourth-order valence-electron chi connectivity index (χ4n) is 3.08. The third-order valence-corrected chi connectivity index (χ3v) is 10.1. The second kappa shape index (κ2) is 8.53. The van der Waals surface area contributed by atoms with Gasteiger partial charge in [-0.2, -0.15) is 0 Å². The third kappa shape index (κ3) is 3.42. The van der Waals surface area contributed by atoms with Gasteiger partial charge >= 0.3 is 5.95 Å². The lowest BCUT2D eigenvalue weighted by atomic mass is 10.4. The van der Waals surface area contributed by atoms with E-state index in [4.69, 9.17) is 4.74 Å². The van der Waals surface area contributed by atoms with Crippen LogP contribution in [0.2, 0.25) is 0 Å². The standard InChI is InChI=1S/C22H20BrO2P/c1-2-25-22(24)21(23)26(18-12-6-3-7-13-18,19-14-8-4-9-15-19)20-16-10-5-11-17-20/h3-17H,2H2,1H3/p+1/b22-21+. The van der Waals surface area contributed by atoms with Crippen molar-refractivity contribution < 1.29 is 9.84 Å². The molecule has 0 aliphatic heterocycles. The molecule has 0 atom stereocenters. The van der Waals surface area contributed by atoms with E-state index < -0.39 is 7.26 Å². The average Bonchev–Trinajstić information content (AvgIpc) is 2.71. The lowest BCUT2D eigenvalue weighted by molar-refractivity contribution is 0.103. The van der Waals surface area contributed by atoms with Crippen LogP contribution in [-0.4, -0.2) is 11.7 Å². The lowest BCUT2D eigenvalue weighted by Crippen LogP contribution is -2.31. The number of rotatable bonds is 6. The van der Waals surface area contributed by atoms with E-state index in [1.54, 1.807) is 0 Å². The molecule has 0 saturated heterocycles. The topological polar surface area (TPSA) is 29.5 Å². The minimum atomic E-state index is -2.31. The van der Waals surface area contributed by atoms with Gasteiger partial charge in [0.1, 0.15) is 15.9 Å². The van der Waals surface area contributed by atoms with Gasteiger partial charge < -0.3 is 9.84 Å². The van der Waals surface area contributed by atoms with Gasteiger partial charge in [-0.3, -0.25) is 0 Å². The molecule has 0 saturated carbocycles. The van der Waals surface area contributed by atoms with Gasteiger partial charge in [0.2, 0.25) is 4.22 Å². The molecule has 26 heavy (non-hydrogen) atoms. The van der Waals surface area contributed by atoms with Gasteiger partial charge in [-0.15, -0.1) is 0 Å². The molecule has 0 aliphatic carbocycles. The van der Waals surface area contributed by atoms with Crippen molar-refractivity contribution in [3.8, 4) is 0 Å². The van der Waals surface area contributed by atoms with Crippen molar-refractivity contribution in [3.63, 3.8) is 0 Å². The first-order valence-electron chi connectivity index (χ1n) is 8.49. The van der Waals surface area contributed by atoms with Crippen molar-refractivity contribution in [2.45, 2.75) is 6.92 Å². The van der Waals surface area contributed by atoms with Crippen LogP contribution < -0.4 is 15.9 Å². The van der Waals surface area contributed by atoms with Crippen LogP contribution in [-0.2, 0) is 4.74 Å². The first kappa shape index (κ1) is 18.7. The molecule has 0 heterocycles. The first-order valence-corrected chi connectivity index (χ1v) is 11.1. The number of benzene rings is 3. The molecule has 3 rings (SSSR count). The van der Waals surface area contributed by atoms with Crippen LogP contribution in [0.4, 0.5) is 0 Å². The monoisotopic (exact) mass is 427 g/mol. The fourth-order valence-corrected chi connectivity index (χ4v) is 8.82. The Morgan fingerprint density at radius 2 is 1.12 bits per heavy atom. The van der Waals surface area contributed by atoms with Crippen LogP contribution in [0.3, 0.4) is 0 Å². The predicted molar refractivity (Wildman–Crippen MR) is 115 cm³/mol. The number of aliphatic hydroxyl groups excluding tert-OH is 1. The molecule has 0 aromatic heterocycles. The van der Waals surface area contributed by atoms with E-state index in [0.29, 0.717) is 10.8 Å². The summed E-state index contributed by atoms with van der Waals surface area (Å²) in [4.78, 5) is 0. The molecular weight excluding hydrogens is 407 g/mol. The van der Waals surface area contributed by atoms with Gasteiger partial charge in [0.15, 0.2) is 7.26 Å². The Morgan fingerprint density at radius 3 is 1.42 bits per heavy atom. The Morgan fingerprint density at radius 1 is 0.769 bits per heavy atom. The zero-order chi connectivity index (χ0) is 18.4. The Balaban J connectivity index is 2.42. The summed E-state index contributed by atoms with van der Waals surface area (Å²) in [5.41, 5.74) is 0. The Kier molecular flexibility index (Phi) is 6.13. The van der Waals surface area contributed by atoms with Gasteiger partial charge in [0, 0.05) is 15.9 Å². The van der Waals surface area contributed by atoms with Gasteiger partial charge in [0.05, 0.1) is 6.61 Å². The number of aliphatic hydroxyl groups is 1. The fraction of sp³-hybridized carbons (Fsp3) is 0.0909. The van der Waals surface area contributed by atoms with Crippen molar-refractivity contribution in [1.82, 2.24) is 0 Å². The quantitative estimate of drug-likeness (QED) is 0.438. The summed E-state index contributed by atoms with van der Waals surface area (Å²) in [5.74, 6) is -0.0580. The predicted octanol–water partition coefficient (Wildman–Crippen LogP) is 5.10. The maximum atomic E-state index is 10.7. The minimum Gasteiger partial charge on any atom is -0.478 e. The summed E-state index contributed by atoms with van der Waals surface area (Å²) in [7, 11) is -2.31. The van der Waals surface area contributed by atoms with E-state index in [2.05, 4.69) is 52.3 Å². The summed E-state index contributed by atoms with van der Waals surface area (Å²) in [6.07, 6.45) is 0. The van der Waals surface area contributed by atoms with Gasteiger partial charge in [-0.25, -0.2) is 0 Å². The van der Waals surface area contributed by atoms with Gasteiger partial charge in [-0.05, 0) is 43.3 Å². The normalized spacial score (nSPS) is 12.4. The highest BCUT2D eigenvalue weighted by Gasteiger charge is 2.51. The molecule has 132 valence electrons. The SMILES string of the molecule is CCO/C(O)=C(\Br)[P+](c1ccccc1)(c1ccccc1)c1ccccc1. The zero-order valence-electron chi connectivity index (χ0n) is 14.5. The van der Waals surface area contributed by atoms with Crippen molar-refractivity contribution in [1.29, 1.82) is 0 Å². The highest BCUT2D eigenvalue weighted by Crippen LogP contribution is 2.65. The molecule has 3 aromatic carbocycles. The van der Waals surface area contributed by atoms with Gasteiger partial charge in [-0.1, -0.05) is 54.6 Å². The summed E-state index contributed by atoms with van der Waals surface area (Å²) >= 11 is 3.73. The Hall–Kier alpha value is -2.09. The molecule has 2 nitrogen and oxygen atoms in total. The average molecular weight is 428 g/mol. The van der Waals surface area contributed by atoms with E-state index >= 15 is 0 Å². The molecule has 0 amide bonds. The summed E-state index contributed by atoms with van der Waals surface area (Å²) in [6, 6.07) is 31.0. The first-order chi connectivity index (χ1) is 12.7. The number of halogens is 1. The van der Waals surface area contributed by atoms with Crippen molar-refractivity contribution in [2.24, 2.45) is 0 Å². The maximum Gasteiger partial charge on any atom is 0.330 e. The smallest absolute Gasteiger partial charge is 0.330 e. The number of ether oxygens (including phenoxy) is 1. The molecular formula is C22H21BrO2P+. The lowest BCUT2D eigenvalue weighted by Gasteiger charge is -2.26. The second-order valence-corrected chi connectivity index (χ2v) is 10.5. The second-order valence-electron chi connectivity index (χ2n) is 5.71. The van der Waals surface area contributed by atoms with Crippen LogP contribution >= 0.6 is 23.2 Å². The zero-order valence-corrected chi connectivity index (χ0v) is 17.0. The largest absolute Gasteiger partial charge is 0.478 e. The highest BCUT2D eigenvalue weighted by atomic mass is 79.9. The van der Waals surface area contributed by atoms with Crippen molar-refractivity contribution >= 4 is 39.1 Å². The Labute approximate surface area is 163 Å². The molecule has 0 bridgehead atoms. The number of hydrogen-bond acceptors (Lipinski definition) is 2. The van der Waals surface area contributed by atoms with Crippen molar-refractivity contribution in [3.05, 3.63) is 101 Å². The van der Waals surface area contributed by atoms with Gasteiger partial charge in [0.25, 0.3) is 0 Å². The Bertz CT molecular complexity index is 768.